The van der Waals surface area contributed by atoms with Gasteiger partial charge in [-0.05, 0) is 19.1 Å². The predicted molar refractivity (Wildman–Crippen MR) is 65.2 cm³/mol. The summed E-state index contributed by atoms with van der Waals surface area (Å²) in [4.78, 5) is 0.277. The Morgan fingerprint density at radius 2 is 2.06 bits per heavy atom. The van der Waals surface area contributed by atoms with Crippen molar-refractivity contribution in [1.82, 2.24) is 4.72 Å². The van der Waals surface area contributed by atoms with Gasteiger partial charge in [-0.1, -0.05) is 23.8 Å². The standard InChI is InChI=1S/C12H15NO3S/c1-3-11-12(16-11)8-13-17(14,15)10-6-4-9(2)5-7-10/h3-7,11-13H,1,8H2,2H3/t11-,12+/m0/s1. The predicted octanol–water partition coefficient (Wildman–Crippen LogP) is 1.23. The topological polar surface area (TPSA) is 58.7 Å². The van der Waals surface area contributed by atoms with Gasteiger partial charge < -0.3 is 4.74 Å². The normalized spacial score (nSPS) is 23.4. The molecule has 0 aliphatic carbocycles. The largest absolute Gasteiger partial charge is 0.364 e. The van der Waals surface area contributed by atoms with E-state index in [-0.39, 0.29) is 23.6 Å². The Hall–Kier alpha value is -1.17. The molecule has 2 atom stereocenters. The highest BCUT2D eigenvalue weighted by molar-refractivity contribution is 7.89. The van der Waals surface area contributed by atoms with Gasteiger partial charge >= 0.3 is 0 Å². The number of sulfonamides is 1. The van der Waals surface area contributed by atoms with Crippen molar-refractivity contribution in [2.45, 2.75) is 24.0 Å². The summed E-state index contributed by atoms with van der Waals surface area (Å²) in [5.41, 5.74) is 1.03. The van der Waals surface area contributed by atoms with Crippen LogP contribution in [0.3, 0.4) is 0 Å². The van der Waals surface area contributed by atoms with Gasteiger partial charge in [0, 0.05) is 6.54 Å². The van der Waals surface area contributed by atoms with Crippen LogP contribution < -0.4 is 4.72 Å². The summed E-state index contributed by atoms with van der Waals surface area (Å²) >= 11 is 0. The maximum absolute atomic E-state index is 11.9. The van der Waals surface area contributed by atoms with E-state index in [1.165, 1.54) is 0 Å². The fourth-order valence-corrected chi connectivity index (χ4v) is 2.57. The number of ether oxygens (including phenoxy) is 1. The Balaban J connectivity index is 1.99. The van der Waals surface area contributed by atoms with Gasteiger partial charge in [-0.25, -0.2) is 13.1 Å². The van der Waals surface area contributed by atoms with Gasteiger partial charge in [0.15, 0.2) is 0 Å². The maximum Gasteiger partial charge on any atom is 0.240 e. The quantitative estimate of drug-likeness (QED) is 0.634. The molecule has 0 spiro atoms. The number of benzene rings is 1. The van der Waals surface area contributed by atoms with E-state index >= 15 is 0 Å². The summed E-state index contributed by atoms with van der Waals surface area (Å²) in [7, 11) is -3.43. The third-order valence-electron chi connectivity index (χ3n) is 2.66. The third-order valence-corrected chi connectivity index (χ3v) is 4.10. The second kappa shape index (κ2) is 4.60. The molecule has 0 bridgehead atoms. The number of hydrogen-bond donors (Lipinski definition) is 1. The summed E-state index contributed by atoms with van der Waals surface area (Å²) in [5, 5.41) is 0. The van der Waals surface area contributed by atoms with Crippen molar-refractivity contribution in [3.8, 4) is 0 Å². The molecule has 0 amide bonds. The summed E-state index contributed by atoms with van der Waals surface area (Å²) < 4.78 is 31.4. The number of aryl methyl sites for hydroxylation is 1. The highest BCUT2D eigenvalue weighted by Crippen LogP contribution is 2.22. The molecule has 0 aromatic heterocycles. The smallest absolute Gasteiger partial charge is 0.240 e. The Morgan fingerprint density at radius 3 is 2.59 bits per heavy atom. The van der Waals surface area contributed by atoms with Crippen LogP contribution in [0.15, 0.2) is 41.8 Å². The van der Waals surface area contributed by atoms with Crippen LogP contribution in [-0.2, 0) is 14.8 Å². The van der Waals surface area contributed by atoms with Crippen molar-refractivity contribution < 1.29 is 13.2 Å². The monoisotopic (exact) mass is 253 g/mol. The van der Waals surface area contributed by atoms with Gasteiger partial charge in [-0.15, -0.1) is 6.58 Å². The first kappa shape index (κ1) is 12.3. The molecule has 1 aliphatic rings. The van der Waals surface area contributed by atoms with Gasteiger partial charge in [0.05, 0.1) is 4.90 Å². The Kier molecular flexibility index (Phi) is 3.33. The first-order chi connectivity index (χ1) is 8.03. The molecule has 92 valence electrons. The van der Waals surface area contributed by atoms with Crippen LogP contribution in [0.2, 0.25) is 0 Å². The van der Waals surface area contributed by atoms with Crippen molar-refractivity contribution in [1.29, 1.82) is 0 Å². The van der Waals surface area contributed by atoms with Gasteiger partial charge in [-0.2, -0.15) is 0 Å². The number of hydrogen-bond acceptors (Lipinski definition) is 3. The lowest BCUT2D eigenvalue weighted by Gasteiger charge is -2.05. The molecule has 0 radical (unpaired) electrons. The molecule has 5 heteroatoms. The molecule has 0 saturated carbocycles. The minimum absolute atomic E-state index is 0.0179. The first-order valence-corrected chi connectivity index (χ1v) is 6.85. The second-order valence-corrected chi connectivity index (χ2v) is 5.81. The highest BCUT2D eigenvalue weighted by Gasteiger charge is 2.36. The summed E-state index contributed by atoms with van der Waals surface area (Å²) in [6.45, 7) is 5.78. The van der Waals surface area contributed by atoms with Crippen LogP contribution >= 0.6 is 0 Å². The molecule has 4 nitrogen and oxygen atoms in total. The van der Waals surface area contributed by atoms with E-state index in [1.807, 2.05) is 6.92 Å². The molecule has 1 saturated heterocycles. The average Bonchev–Trinajstić information content (AvgIpc) is 3.06. The van der Waals surface area contributed by atoms with Crippen molar-refractivity contribution in [2.24, 2.45) is 0 Å². The molecule has 17 heavy (non-hydrogen) atoms. The van der Waals surface area contributed by atoms with Crippen LogP contribution in [0.25, 0.3) is 0 Å². The van der Waals surface area contributed by atoms with E-state index in [1.54, 1.807) is 30.3 Å². The Bertz CT molecular complexity index is 507. The van der Waals surface area contributed by atoms with Crippen LogP contribution in [-0.4, -0.2) is 27.2 Å². The van der Waals surface area contributed by atoms with Crippen molar-refractivity contribution >= 4 is 10.0 Å². The zero-order valence-electron chi connectivity index (χ0n) is 9.59. The summed E-state index contributed by atoms with van der Waals surface area (Å²) in [5.74, 6) is 0. The average molecular weight is 253 g/mol. The second-order valence-electron chi connectivity index (χ2n) is 4.04. The molecule has 0 unspecified atom stereocenters. The molecule has 1 aliphatic heterocycles. The number of nitrogens with one attached hydrogen (secondary N) is 1. The van der Waals surface area contributed by atoms with E-state index in [0.29, 0.717) is 0 Å². The molecule has 1 N–H and O–H groups in total. The van der Waals surface area contributed by atoms with E-state index in [0.717, 1.165) is 5.56 Å². The van der Waals surface area contributed by atoms with Gasteiger partial charge in [0.25, 0.3) is 0 Å². The SMILES string of the molecule is C=C[C@@H]1O[C@@H]1CNS(=O)(=O)c1ccc(C)cc1. The fraction of sp³-hybridized carbons (Fsp3) is 0.333. The van der Waals surface area contributed by atoms with Crippen molar-refractivity contribution in [3.05, 3.63) is 42.5 Å². The third kappa shape index (κ3) is 2.94. The Labute approximate surface area is 101 Å². The van der Waals surface area contributed by atoms with Gasteiger partial charge in [0.2, 0.25) is 10.0 Å². The van der Waals surface area contributed by atoms with Crippen LogP contribution in [0.5, 0.6) is 0 Å². The van der Waals surface area contributed by atoms with Crippen molar-refractivity contribution in [2.75, 3.05) is 6.54 Å². The molecule has 1 heterocycles. The van der Waals surface area contributed by atoms with E-state index in [2.05, 4.69) is 11.3 Å². The molecule has 1 aromatic carbocycles. The van der Waals surface area contributed by atoms with Crippen LogP contribution in [0.4, 0.5) is 0 Å². The first-order valence-electron chi connectivity index (χ1n) is 5.37. The number of epoxide rings is 1. The van der Waals surface area contributed by atoms with Gasteiger partial charge in [-0.3, -0.25) is 0 Å². The van der Waals surface area contributed by atoms with Crippen LogP contribution in [0, 0.1) is 6.92 Å². The molecular formula is C12H15NO3S. The lowest BCUT2D eigenvalue weighted by Crippen LogP contribution is -2.28. The highest BCUT2D eigenvalue weighted by atomic mass is 32.2. The van der Waals surface area contributed by atoms with Crippen LogP contribution in [0.1, 0.15) is 5.56 Å². The Morgan fingerprint density at radius 1 is 1.41 bits per heavy atom. The molecular weight excluding hydrogens is 238 g/mol. The summed E-state index contributed by atoms with van der Waals surface area (Å²) in [6, 6.07) is 6.73. The van der Waals surface area contributed by atoms with Crippen molar-refractivity contribution in [3.63, 3.8) is 0 Å². The molecule has 1 fully saturated rings. The molecule has 1 aromatic rings. The van der Waals surface area contributed by atoms with E-state index in [4.69, 9.17) is 4.74 Å². The number of rotatable bonds is 5. The maximum atomic E-state index is 11.9. The lowest BCUT2D eigenvalue weighted by molar-refractivity contribution is 0.387. The van der Waals surface area contributed by atoms with Gasteiger partial charge in [0.1, 0.15) is 12.2 Å². The zero-order valence-corrected chi connectivity index (χ0v) is 10.4. The summed E-state index contributed by atoms with van der Waals surface area (Å²) in [6.07, 6.45) is 1.58. The van der Waals surface area contributed by atoms with E-state index < -0.39 is 10.0 Å². The zero-order chi connectivity index (χ0) is 12.5. The lowest BCUT2D eigenvalue weighted by atomic mass is 10.2. The fourth-order valence-electron chi connectivity index (χ4n) is 1.52. The van der Waals surface area contributed by atoms with E-state index in [9.17, 15) is 8.42 Å². The molecule has 2 rings (SSSR count). The minimum atomic E-state index is -3.43. The minimum Gasteiger partial charge on any atom is -0.364 e.